The average Bonchev–Trinajstić information content (AvgIpc) is 2.92. The maximum Gasteiger partial charge on any atom is 0.337 e. The lowest BCUT2D eigenvalue weighted by molar-refractivity contribution is 0.0600. The monoisotopic (exact) mass is 287 g/mol. The summed E-state index contributed by atoms with van der Waals surface area (Å²) in [4.78, 5) is 28.7. The van der Waals surface area contributed by atoms with Crippen LogP contribution in [0.15, 0.2) is 24.3 Å². The summed E-state index contributed by atoms with van der Waals surface area (Å²) in [5, 5.41) is 0.835. The summed E-state index contributed by atoms with van der Waals surface area (Å²) in [6.45, 7) is 0. The van der Waals surface area contributed by atoms with Crippen LogP contribution in [0, 0.1) is 0 Å². The van der Waals surface area contributed by atoms with Gasteiger partial charge in [-0.3, -0.25) is 4.79 Å². The highest BCUT2D eigenvalue weighted by Crippen LogP contribution is 2.32. The van der Waals surface area contributed by atoms with E-state index in [1.54, 1.807) is 23.5 Å². The standard InChI is InChI=1S/C15H13NO3S/c1-19-15(18)10-7-5-9(6-8-10)14-16-13-11(17)3-2-4-12(13)20-14/h5-8H,2-4H2,1H3. The Kier molecular flexibility index (Phi) is 3.36. The summed E-state index contributed by atoms with van der Waals surface area (Å²) in [7, 11) is 1.36. The van der Waals surface area contributed by atoms with Crippen molar-refractivity contribution in [3.8, 4) is 10.6 Å². The van der Waals surface area contributed by atoms with Crippen LogP contribution < -0.4 is 0 Å². The molecule has 0 unspecified atom stereocenters. The highest BCUT2D eigenvalue weighted by Gasteiger charge is 2.22. The molecule has 0 saturated carbocycles. The molecule has 0 spiro atoms. The number of thiazole rings is 1. The molecule has 2 aromatic rings. The van der Waals surface area contributed by atoms with E-state index in [9.17, 15) is 9.59 Å². The summed E-state index contributed by atoms with van der Waals surface area (Å²) < 4.78 is 4.67. The van der Waals surface area contributed by atoms with E-state index in [4.69, 9.17) is 0 Å². The molecule has 1 aliphatic carbocycles. The molecule has 3 rings (SSSR count). The van der Waals surface area contributed by atoms with Gasteiger partial charge in [0.1, 0.15) is 10.7 Å². The number of Topliss-reactive ketones (excluding diaryl/α,β-unsaturated/α-hetero) is 1. The van der Waals surface area contributed by atoms with Gasteiger partial charge in [-0.2, -0.15) is 0 Å². The van der Waals surface area contributed by atoms with E-state index in [-0.39, 0.29) is 11.8 Å². The number of ketones is 1. The first-order valence-electron chi connectivity index (χ1n) is 6.40. The van der Waals surface area contributed by atoms with Crippen molar-refractivity contribution in [2.75, 3.05) is 7.11 Å². The second kappa shape index (κ2) is 5.17. The van der Waals surface area contributed by atoms with Gasteiger partial charge in [0.05, 0.1) is 12.7 Å². The van der Waals surface area contributed by atoms with E-state index in [0.29, 0.717) is 17.7 Å². The summed E-state index contributed by atoms with van der Waals surface area (Å²) in [6, 6.07) is 7.09. The molecule has 4 nitrogen and oxygen atoms in total. The first-order valence-corrected chi connectivity index (χ1v) is 7.22. The number of ether oxygens (including phenoxy) is 1. The Morgan fingerprint density at radius 3 is 2.65 bits per heavy atom. The number of carbonyl (C=O) groups is 2. The lowest BCUT2D eigenvalue weighted by atomic mass is 10.0. The van der Waals surface area contributed by atoms with Crippen LogP contribution in [0.4, 0.5) is 0 Å². The number of methoxy groups -OCH3 is 1. The number of hydrogen-bond acceptors (Lipinski definition) is 5. The Bertz CT molecular complexity index is 673. The van der Waals surface area contributed by atoms with Gasteiger partial charge in [-0.05, 0) is 25.0 Å². The number of rotatable bonds is 2. The molecular formula is C15H13NO3S. The molecule has 0 fully saturated rings. The van der Waals surface area contributed by atoms with E-state index in [2.05, 4.69) is 9.72 Å². The zero-order valence-corrected chi connectivity index (χ0v) is 11.8. The minimum atomic E-state index is -0.356. The predicted molar refractivity (Wildman–Crippen MR) is 76.2 cm³/mol. The highest BCUT2D eigenvalue weighted by atomic mass is 32.1. The number of nitrogens with zero attached hydrogens (tertiary/aromatic N) is 1. The van der Waals surface area contributed by atoms with Crippen molar-refractivity contribution < 1.29 is 14.3 Å². The van der Waals surface area contributed by atoms with Gasteiger partial charge in [0.25, 0.3) is 0 Å². The smallest absolute Gasteiger partial charge is 0.337 e. The van der Waals surface area contributed by atoms with Gasteiger partial charge in [-0.15, -0.1) is 11.3 Å². The highest BCUT2D eigenvalue weighted by molar-refractivity contribution is 7.15. The number of esters is 1. The molecule has 1 heterocycles. The summed E-state index contributed by atoms with van der Waals surface area (Å²) in [5.74, 6) is -0.218. The van der Waals surface area contributed by atoms with Gasteiger partial charge in [0.15, 0.2) is 5.78 Å². The zero-order valence-electron chi connectivity index (χ0n) is 11.0. The van der Waals surface area contributed by atoms with Gasteiger partial charge in [-0.25, -0.2) is 9.78 Å². The lowest BCUT2D eigenvalue weighted by Crippen LogP contribution is -2.08. The van der Waals surface area contributed by atoms with Crippen LogP contribution in [-0.2, 0) is 11.2 Å². The molecule has 0 amide bonds. The van der Waals surface area contributed by atoms with E-state index in [0.717, 1.165) is 28.3 Å². The van der Waals surface area contributed by atoms with E-state index in [1.807, 2.05) is 12.1 Å². The van der Waals surface area contributed by atoms with Gasteiger partial charge in [-0.1, -0.05) is 12.1 Å². The van der Waals surface area contributed by atoms with Gasteiger partial charge in [0, 0.05) is 16.9 Å². The molecule has 0 bridgehead atoms. The maximum atomic E-state index is 11.8. The van der Waals surface area contributed by atoms with E-state index < -0.39 is 0 Å². The molecule has 0 saturated heterocycles. The number of hydrogen-bond donors (Lipinski definition) is 0. The molecule has 1 aliphatic rings. The summed E-state index contributed by atoms with van der Waals surface area (Å²) >= 11 is 1.56. The SMILES string of the molecule is COC(=O)c1ccc(-c2nc3c(s2)CCCC3=O)cc1. The third-order valence-corrected chi connectivity index (χ3v) is 4.49. The van der Waals surface area contributed by atoms with Crippen LogP contribution in [0.1, 0.15) is 38.6 Å². The molecule has 1 aromatic carbocycles. The lowest BCUT2D eigenvalue weighted by Gasteiger charge is -2.06. The fourth-order valence-corrected chi connectivity index (χ4v) is 3.38. The summed E-state index contributed by atoms with van der Waals surface area (Å²) in [6.07, 6.45) is 2.44. The topological polar surface area (TPSA) is 56.3 Å². The van der Waals surface area contributed by atoms with Crippen molar-refractivity contribution >= 4 is 23.1 Å². The quantitative estimate of drug-likeness (QED) is 0.796. The number of fused-ring (bicyclic) bond motifs is 1. The second-order valence-corrected chi connectivity index (χ2v) is 5.72. The zero-order chi connectivity index (χ0) is 14.1. The molecule has 102 valence electrons. The number of carbonyl (C=O) groups excluding carboxylic acids is 2. The van der Waals surface area contributed by atoms with Crippen LogP contribution in [0.5, 0.6) is 0 Å². The maximum absolute atomic E-state index is 11.8. The van der Waals surface area contributed by atoms with E-state index in [1.165, 1.54) is 7.11 Å². The Labute approximate surface area is 120 Å². The van der Waals surface area contributed by atoms with Crippen LogP contribution in [-0.4, -0.2) is 23.8 Å². The molecule has 0 radical (unpaired) electrons. The van der Waals surface area contributed by atoms with Crippen LogP contribution in [0.2, 0.25) is 0 Å². The largest absolute Gasteiger partial charge is 0.465 e. The van der Waals surface area contributed by atoms with Gasteiger partial charge >= 0.3 is 5.97 Å². The van der Waals surface area contributed by atoms with Crippen molar-refractivity contribution in [2.45, 2.75) is 19.3 Å². The van der Waals surface area contributed by atoms with E-state index >= 15 is 0 Å². The van der Waals surface area contributed by atoms with Crippen LogP contribution in [0.25, 0.3) is 10.6 Å². The molecule has 0 N–H and O–H groups in total. The molecule has 0 aliphatic heterocycles. The number of benzene rings is 1. The van der Waals surface area contributed by atoms with Gasteiger partial charge < -0.3 is 4.74 Å². The average molecular weight is 287 g/mol. The Balaban J connectivity index is 1.93. The molecule has 5 heteroatoms. The van der Waals surface area contributed by atoms with Gasteiger partial charge in [0.2, 0.25) is 0 Å². The molecule has 20 heavy (non-hydrogen) atoms. The summed E-state index contributed by atoms with van der Waals surface area (Å²) in [5.41, 5.74) is 2.06. The van der Waals surface area contributed by atoms with Crippen molar-refractivity contribution in [2.24, 2.45) is 0 Å². The first kappa shape index (κ1) is 13.0. The Morgan fingerprint density at radius 2 is 2.00 bits per heavy atom. The Hall–Kier alpha value is -2.01. The van der Waals surface area contributed by atoms with Crippen molar-refractivity contribution in [3.05, 3.63) is 40.4 Å². The van der Waals surface area contributed by atoms with Crippen molar-refractivity contribution in [3.63, 3.8) is 0 Å². The minimum Gasteiger partial charge on any atom is -0.465 e. The second-order valence-electron chi connectivity index (χ2n) is 4.64. The normalized spacial score (nSPS) is 13.9. The number of aromatic nitrogens is 1. The Morgan fingerprint density at radius 1 is 1.25 bits per heavy atom. The fourth-order valence-electron chi connectivity index (χ4n) is 2.26. The molecular weight excluding hydrogens is 274 g/mol. The minimum absolute atomic E-state index is 0.139. The third-order valence-electron chi connectivity index (χ3n) is 3.32. The number of aryl methyl sites for hydroxylation is 1. The fraction of sp³-hybridized carbons (Fsp3) is 0.267. The van der Waals surface area contributed by atoms with Crippen LogP contribution >= 0.6 is 11.3 Å². The molecule has 1 aromatic heterocycles. The molecule has 0 atom stereocenters. The third kappa shape index (κ3) is 2.25. The van der Waals surface area contributed by atoms with Crippen LogP contribution in [0.3, 0.4) is 0 Å². The predicted octanol–water partition coefficient (Wildman–Crippen LogP) is 3.12. The van der Waals surface area contributed by atoms with Crippen molar-refractivity contribution in [1.82, 2.24) is 4.98 Å². The first-order chi connectivity index (χ1) is 9.69. The van der Waals surface area contributed by atoms with Crippen molar-refractivity contribution in [1.29, 1.82) is 0 Å².